The van der Waals surface area contributed by atoms with E-state index in [1.165, 1.54) is 11.3 Å². The van der Waals surface area contributed by atoms with Gasteiger partial charge in [-0.05, 0) is 56.6 Å². The number of hydrogen-bond donors (Lipinski definition) is 2. The number of aryl methyl sites for hydroxylation is 1. The summed E-state index contributed by atoms with van der Waals surface area (Å²) in [6.07, 6.45) is 7.68. The van der Waals surface area contributed by atoms with Crippen molar-refractivity contribution in [2.45, 2.75) is 69.6 Å². The maximum absolute atomic E-state index is 13.3. The normalized spacial score (nSPS) is 23.1. The maximum atomic E-state index is 13.3. The van der Waals surface area contributed by atoms with Crippen LogP contribution >= 0.6 is 0 Å². The standard InChI is InChI=1S/C24H38N4O4/c1-17(28(21-5-6-21)24(29)22-16-25-10-13-32-22)20-14-19(4-3-9-27-30-2)23(26-15-20)18-7-11-31-12-8-18/h14-15,17-18,21-22,25,27H,3-13,16H2,1-2H3/t17-,22-/m1/s1. The van der Waals surface area contributed by atoms with E-state index in [4.69, 9.17) is 19.3 Å². The van der Waals surface area contributed by atoms with Crippen molar-refractivity contribution in [3.05, 3.63) is 29.1 Å². The molecule has 0 spiro atoms. The first-order chi connectivity index (χ1) is 15.7. The van der Waals surface area contributed by atoms with Gasteiger partial charge in [0.1, 0.15) is 6.10 Å². The number of rotatable bonds is 10. The molecule has 2 aliphatic heterocycles. The number of carbonyl (C=O) groups excluding carboxylic acids is 1. The predicted molar refractivity (Wildman–Crippen MR) is 121 cm³/mol. The van der Waals surface area contributed by atoms with Crippen LogP contribution in [0.2, 0.25) is 0 Å². The van der Waals surface area contributed by atoms with Gasteiger partial charge < -0.3 is 24.5 Å². The van der Waals surface area contributed by atoms with Crippen LogP contribution in [-0.2, 0) is 25.5 Å². The lowest BCUT2D eigenvalue weighted by atomic mass is 9.90. The van der Waals surface area contributed by atoms with Crippen LogP contribution in [-0.4, -0.2) is 74.5 Å². The average molecular weight is 447 g/mol. The van der Waals surface area contributed by atoms with E-state index in [9.17, 15) is 4.79 Å². The van der Waals surface area contributed by atoms with Crippen LogP contribution < -0.4 is 10.8 Å². The molecule has 3 heterocycles. The Kier molecular flexibility index (Phi) is 8.49. The molecule has 1 amide bonds. The van der Waals surface area contributed by atoms with E-state index in [0.717, 1.165) is 70.4 Å². The van der Waals surface area contributed by atoms with Crippen molar-refractivity contribution in [1.82, 2.24) is 20.7 Å². The van der Waals surface area contributed by atoms with E-state index in [-0.39, 0.29) is 18.1 Å². The number of hydroxylamine groups is 1. The molecule has 0 unspecified atom stereocenters. The van der Waals surface area contributed by atoms with Crippen LogP contribution in [0, 0.1) is 0 Å². The van der Waals surface area contributed by atoms with Crippen molar-refractivity contribution in [3.63, 3.8) is 0 Å². The fourth-order valence-corrected chi connectivity index (χ4v) is 4.85. The van der Waals surface area contributed by atoms with Crippen molar-refractivity contribution in [3.8, 4) is 0 Å². The number of amides is 1. The molecule has 1 aromatic heterocycles. The Morgan fingerprint density at radius 1 is 1.31 bits per heavy atom. The minimum Gasteiger partial charge on any atom is -0.381 e. The highest BCUT2D eigenvalue weighted by Crippen LogP contribution is 2.37. The summed E-state index contributed by atoms with van der Waals surface area (Å²) in [4.78, 5) is 25.4. The molecule has 32 heavy (non-hydrogen) atoms. The van der Waals surface area contributed by atoms with E-state index in [0.29, 0.717) is 25.1 Å². The third kappa shape index (κ3) is 5.85. The van der Waals surface area contributed by atoms with Gasteiger partial charge in [-0.25, -0.2) is 5.48 Å². The molecule has 8 nitrogen and oxygen atoms in total. The zero-order chi connectivity index (χ0) is 22.3. The Labute approximate surface area is 191 Å². The smallest absolute Gasteiger partial charge is 0.253 e. The number of nitrogens with one attached hydrogen (secondary N) is 2. The molecule has 1 aliphatic carbocycles. The van der Waals surface area contributed by atoms with Gasteiger partial charge in [0.2, 0.25) is 0 Å². The molecule has 4 rings (SSSR count). The van der Waals surface area contributed by atoms with E-state index >= 15 is 0 Å². The first-order valence-electron chi connectivity index (χ1n) is 12.2. The predicted octanol–water partition coefficient (Wildman–Crippen LogP) is 2.10. The fourth-order valence-electron chi connectivity index (χ4n) is 4.85. The summed E-state index contributed by atoms with van der Waals surface area (Å²) in [5.41, 5.74) is 6.53. The van der Waals surface area contributed by atoms with Gasteiger partial charge in [-0.2, -0.15) is 0 Å². The number of nitrogens with zero attached hydrogens (tertiary/aromatic N) is 2. The molecule has 8 heteroatoms. The Balaban J connectivity index is 1.54. The van der Waals surface area contributed by atoms with E-state index < -0.39 is 0 Å². The van der Waals surface area contributed by atoms with Gasteiger partial charge in [0.05, 0.1) is 19.8 Å². The van der Waals surface area contributed by atoms with Gasteiger partial charge in [-0.1, -0.05) is 6.07 Å². The summed E-state index contributed by atoms with van der Waals surface area (Å²) < 4.78 is 11.4. The van der Waals surface area contributed by atoms with E-state index in [1.807, 2.05) is 6.20 Å². The second-order valence-corrected chi connectivity index (χ2v) is 9.12. The summed E-state index contributed by atoms with van der Waals surface area (Å²) >= 11 is 0. The Bertz CT molecular complexity index is 746. The number of hydrogen-bond acceptors (Lipinski definition) is 7. The monoisotopic (exact) mass is 446 g/mol. The average Bonchev–Trinajstić information content (AvgIpc) is 3.68. The van der Waals surface area contributed by atoms with Gasteiger partial charge in [-0.3, -0.25) is 9.78 Å². The molecule has 0 radical (unpaired) electrons. The van der Waals surface area contributed by atoms with Crippen LogP contribution in [0.5, 0.6) is 0 Å². The van der Waals surface area contributed by atoms with E-state index in [2.05, 4.69) is 28.7 Å². The lowest BCUT2D eigenvalue weighted by Gasteiger charge is -2.34. The minimum atomic E-state index is -0.388. The molecule has 2 atom stereocenters. The van der Waals surface area contributed by atoms with Gasteiger partial charge in [0.25, 0.3) is 5.91 Å². The zero-order valence-corrected chi connectivity index (χ0v) is 19.5. The lowest BCUT2D eigenvalue weighted by molar-refractivity contribution is -0.148. The molecule has 3 fully saturated rings. The third-order valence-corrected chi connectivity index (χ3v) is 6.80. The van der Waals surface area contributed by atoms with Crippen molar-refractivity contribution in [1.29, 1.82) is 0 Å². The highest BCUT2D eigenvalue weighted by atomic mass is 16.6. The molecule has 178 valence electrons. The Morgan fingerprint density at radius 3 is 2.81 bits per heavy atom. The highest BCUT2D eigenvalue weighted by Gasteiger charge is 2.40. The van der Waals surface area contributed by atoms with Crippen molar-refractivity contribution >= 4 is 5.91 Å². The largest absolute Gasteiger partial charge is 0.381 e. The number of pyridine rings is 1. The summed E-state index contributed by atoms with van der Waals surface area (Å²) in [5.74, 6) is 0.549. The molecule has 3 aliphatic rings. The van der Waals surface area contributed by atoms with Gasteiger partial charge in [0, 0.05) is 56.7 Å². The van der Waals surface area contributed by atoms with Crippen molar-refractivity contribution in [2.24, 2.45) is 0 Å². The van der Waals surface area contributed by atoms with Crippen LogP contribution in [0.25, 0.3) is 0 Å². The number of ether oxygens (including phenoxy) is 2. The molecule has 2 N–H and O–H groups in total. The van der Waals surface area contributed by atoms with Gasteiger partial charge in [-0.15, -0.1) is 0 Å². The molecule has 1 aromatic rings. The third-order valence-electron chi connectivity index (χ3n) is 6.80. The summed E-state index contributed by atoms with van der Waals surface area (Å²) in [5, 5.41) is 3.28. The number of aromatic nitrogens is 1. The van der Waals surface area contributed by atoms with Crippen LogP contribution in [0.1, 0.15) is 67.8 Å². The lowest BCUT2D eigenvalue weighted by Crippen LogP contribution is -2.50. The summed E-state index contributed by atoms with van der Waals surface area (Å²) in [7, 11) is 1.65. The molecule has 2 saturated heterocycles. The molecular weight excluding hydrogens is 408 g/mol. The molecule has 0 bridgehead atoms. The topological polar surface area (TPSA) is 85.0 Å². The second-order valence-electron chi connectivity index (χ2n) is 9.12. The fraction of sp³-hybridized carbons (Fsp3) is 0.750. The first-order valence-corrected chi connectivity index (χ1v) is 12.2. The maximum Gasteiger partial charge on any atom is 0.253 e. The highest BCUT2D eigenvalue weighted by molar-refractivity contribution is 5.82. The second kappa shape index (κ2) is 11.5. The first kappa shape index (κ1) is 23.6. The van der Waals surface area contributed by atoms with Crippen molar-refractivity contribution < 1.29 is 19.1 Å². The van der Waals surface area contributed by atoms with Gasteiger partial charge in [0.15, 0.2) is 0 Å². The summed E-state index contributed by atoms with van der Waals surface area (Å²) in [6, 6.07) is 2.58. The Hall–Kier alpha value is -1.58. The minimum absolute atomic E-state index is 0.0207. The van der Waals surface area contributed by atoms with E-state index in [1.54, 1.807) is 7.11 Å². The Morgan fingerprint density at radius 2 is 2.12 bits per heavy atom. The molecule has 1 saturated carbocycles. The number of morpholine rings is 1. The molecular formula is C24H38N4O4. The molecule has 0 aromatic carbocycles. The summed E-state index contributed by atoms with van der Waals surface area (Å²) in [6.45, 7) is 6.51. The van der Waals surface area contributed by atoms with Crippen molar-refractivity contribution in [2.75, 3.05) is 46.6 Å². The van der Waals surface area contributed by atoms with Crippen LogP contribution in [0.3, 0.4) is 0 Å². The number of carbonyl (C=O) groups is 1. The zero-order valence-electron chi connectivity index (χ0n) is 19.5. The van der Waals surface area contributed by atoms with Crippen LogP contribution in [0.4, 0.5) is 0 Å². The SMILES string of the molecule is CONCCCc1cc([C@@H](C)N(C(=O)[C@H]2CNCCO2)C2CC2)cnc1C1CCOCC1. The van der Waals surface area contributed by atoms with Gasteiger partial charge >= 0.3 is 0 Å². The van der Waals surface area contributed by atoms with Crippen LogP contribution in [0.15, 0.2) is 12.3 Å². The quantitative estimate of drug-likeness (QED) is 0.421.